The minimum atomic E-state index is -0.553. The van der Waals surface area contributed by atoms with Crippen LogP contribution in [0.1, 0.15) is 49.4 Å². The summed E-state index contributed by atoms with van der Waals surface area (Å²) in [6, 6.07) is 11.7. The molecule has 0 bridgehead atoms. The Bertz CT molecular complexity index is 1070. The van der Waals surface area contributed by atoms with Crippen molar-refractivity contribution in [2.75, 3.05) is 6.61 Å². The Morgan fingerprint density at radius 2 is 1.65 bits per heavy atom. The maximum atomic E-state index is 12.8. The molecule has 4 rings (SSSR count). The van der Waals surface area contributed by atoms with Crippen molar-refractivity contribution in [3.63, 3.8) is 0 Å². The molecule has 6 nitrogen and oxygen atoms in total. The molecule has 0 amide bonds. The number of carbonyl (C=O) groups is 3. The van der Waals surface area contributed by atoms with Gasteiger partial charge in [-0.2, -0.15) is 0 Å². The molecule has 0 atom stereocenters. The zero-order valence-corrected chi connectivity index (χ0v) is 13.9. The largest absolute Gasteiger partial charge is 0.460 e. The molecule has 0 saturated carbocycles. The van der Waals surface area contributed by atoms with Crippen molar-refractivity contribution in [2.45, 2.75) is 6.92 Å². The quantitative estimate of drug-likeness (QED) is 0.533. The van der Waals surface area contributed by atoms with Crippen molar-refractivity contribution in [2.24, 2.45) is 0 Å². The highest BCUT2D eigenvalue weighted by Crippen LogP contribution is 2.29. The lowest BCUT2D eigenvalue weighted by molar-refractivity contribution is 0.0509. The van der Waals surface area contributed by atoms with Gasteiger partial charge in [0.15, 0.2) is 11.6 Å². The Kier molecular flexibility index (Phi) is 3.73. The minimum absolute atomic E-state index is 0.113. The first-order chi connectivity index (χ1) is 12.6. The average Bonchev–Trinajstić information content (AvgIpc) is 3.16. The molecule has 0 aliphatic heterocycles. The van der Waals surface area contributed by atoms with Crippen LogP contribution in [-0.4, -0.2) is 33.7 Å². The van der Waals surface area contributed by atoms with Gasteiger partial charge in [0.2, 0.25) is 5.82 Å². The average molecular weight is 346 g/mol. The maximum Gasteiger partial charge on any atom is 0.374 e. The number of ether oxygens (including phenoxy) is 1. The van der Waals surface area contributed by atoms with E-state index in [0.29, 0.717) is 27.9 Å². The molecule has 1 aliphatic rings. The maximum absolute atomic E-state index is 12.8. The van der Waals surface area contributed by atoms with E-state index in [-0.39, 0.29) is 24.0 Å². The molecule has 0 radical (unpaired) electrons. The van der Waals surface area contributed by atoms with Crippen molar-refractivity contribution < 1.29 is 19.1 Å². The highest BCUT2D eigenvalue weighted by molar-refractivity contribution is 6.28. The molecule has 6 heteroatoms. The summed E-state index contributed by atoms with van der Waals surface area (Å²) in [5.41, 5.74) is 2.03. The molecule has 3 aromatic rings. The second-order valence-corrected chi connectivity index (χ2v) is 5.78. The first-order valence-corrected chi connectivity index (χ1v) is 8.15. The molecular weight excluding hydrogens is 332 g/mol. The van der Waals surface area contributed by atoms with Crippen LogP contribution in [0.15, 0.2) is 54.9 Å². The molecule has 1 aliphatic carbocycles. The van der Waals surface area contributed by atoms with Gasteiger partial charge in [-0.05, 0) is 25.1 Å². The Hall–Kier alpha value is -3.54. The van der Waals surface area contributed by atoms with E-state index < -0.39 is 5.97 Å². The van der Waals surface area contributed by atoms with Crippen LogP contribution in [0.25, 0.3) is 5.69 Å². The Labute approximate surface area is 149 Å². The summed E-state index contributed by atoms with van der Waals surface area (Å²) < 4.78 is 6.54. The predicted octanol–water partition coefficient (Wildman–Crippen LogP) is 2.82. The smallest absolute Gasteiger partial charge is 0.374 e. The number of nitrogens with zero attached hydrogens (tertiary/aromatic N) is 2. The van der Waals surface area contributed by atoms with E-state index in [0.717, 1.165) is 0 Å². The number of fused-ring (bicyclic) bond motifs is 2. The molecule has 1 aromatic heterocycles. The van der Waals surface area contributed by atoms with Crippen LogP contribution in [0.3, 0.4) is 0 Å². The van der Waals surface area contributed by atoms with Gasteiger partial charge in [-0.25, -0.2) is 9.78 Å². The summed E-state index contributed by atoms with van der Waals surface area (Å²) in [6.07, 6.45) is 3.09. The lowest BCUT2D eigenvalue weighted by Gasteiger charge is -2.18. The topological polar surface area (TPSA) is 78.3 Å². The molecule has 0 saturated heterocycles. The molecule has 26 heavy (non-hydrogen) atoms. The van der Waals surface area contributed by atoms with Crippen LogP contribution in [0, 0.1) is 0 Å². The monoisotopic (exact) mass is 346 g/mol. The zero-order chi connectivity index (χ0) is 18.3. The van der Waals surface area contributed by atoms with Crippen molar-refractivity contribution >= 4 is 17.5 Å². The summed E-state index contributed by atoms with van der Waals surface area (Å²) in [6.45, 7) is 1.95. The standard InChI is InChI=1S/C20H14N2O4/c1-2-26-20(25)19-21-9-10-22(19)12-7-8-15-16(11-12)18(24)14-6-4-3-5-13(14)17(15)23/h3-11H,2H2,1H3. The molecule has 0 spiro atoms. The molecule has 0 unspecified atom stereocenters. The van der Waals surface area contributed by atoms with Gasteiger partial charge in [-0.15, -0.1) is 0 Å². The van der Waals surface area contributed by atoms with E-state index in [1.165, 1.54) is 10.8 Å². The van der Waals surface area contributed by atoms with Gasteiger partial charge in [0.05, 0.1) is 6.61 Å². The third kappa shape index (κ3) is 2.35. The molecule has 0 N–H and O–H groups in total. The number of carbonyl (C=O) groups excluding carboxylic acids is 3. The molecular formula is C20H14N2O4. The van der Waals surface area contributed by atoms with E-state index in [2.05, 4.69) is 4.98 Å². The van der Waals surface area contributed by atoms with E-state index in [1.54, 1.807) is 55.6 Å². The summed E-state index contributed by atoms with van der Waals surface area (Å²) in [4.78, 5) is 41.6. The number of hydrogen-bond donors (Lipinski definition) is 0. The summed E-state index contributed by atoms with van der Waals surface area (Å²) in [5, 5.41) is 0. The van der Waals surface area contributed by atoms with Crippen LogP contribution in [0.2, 0.25) is 0 Å². The number of esters is 1. The lowest BCUT2D eigenvalue weighted by atomic mass is 9.84. The summed E-state index contributed by atoms with van der Waals surface area (Å²) in [5.74, 6) is -0.836. The highest BCUT2D eigenvalue weighted by Gasteiger charge is 2.29. The van der Waals surface area contributed by atoms with E-state index >= 15 is 0 Å². The summed E-state index contributed by atoms with van der Waals surface area (Å²) >= 11 is 0. The number of benzene rings is 2. The van der Waals surface area contributed by atoms with Gasteiger partial charge in [-0.1, -0.05) is 24.3 Å². The Balaban J connectivity index is 1.82. The van der Waals surface area contributed by atoms with Gasteiger partial charge in [0, 0.05) is 40.3 Å². The van der Waals surface area contributed by atoms with Gasteiger partial charge < -0.3 is 4.74 Å². The van der Waals surface area contributed by atoms with Gasteiger partial charge in [0.1, 0.15) is 0 Å². The third-order valence-corrected chi connectivity index (χ3v) is 4.29. The van der Waals surface area contributed by atoms with E-state index in [1.807, 2.05) is 0 Å². The van der Waals surface area contributed by atoms with Crippen LogP contribution in [0.5, 0.6) is 0 Å². The van der Waals surface area contributed by atoms with E-state index in [9.17, 15) is 14.4 Å². The van der Waals surface area contributed by atoms with Crippen molar-refractivity contribution in [3.8, 4) is 5.69 Å². The highest BCUT2D eigenvalue weighted by atomic mass is 16.5. The Morgan fingerprint density at radius 3 is 2.35 bits per heavy atom. The number of hydrogen-bond acceptors (Lipinski definition) is 5. The van der Waals surface area contributed by atoms with Gasteiger partial charge >= 0.3 is 5.97 Å². The predicted molar refractivity (Wildman–Crippen MR) is 92.8 cm³/mol. The normalized spacial score (nSPS) is 12.5. The van der Waals surface area contributed by atoms with Crippen LogP contribution < -0.4 is 0 Å². The fourth-order valence-electron chi connectivity index (χ4n) is 3.10. The van der Waals surface area contributed by atoms with Crippen molar-refractivity contribution in [1.29, 1.82) is 0 Å². The second-order valence-electron chi connectivity index (χ2n) is 5.78. The number of ketones is 2. The third-order valence-electron chi connectivity index (χ3n) is 4.29. The molecule has 1 heterocycles. The zero-order valence-electron chi connectivity index (χ0n) is 13.9. The van der Waals surface area contributed by atoms with Crippen molar-refractivity contribution in [1.82, 2.24) is 9.55 Å². The fraction of sp³-hybridized carbons (Fsp3) is 0.100. The van der Waals surface area contributed by atoms with Gasteiger partial charge in [-0.3, -0.25) is 14.2 Å². The van der Waals surface area contributed by atoms with Crippen LogP contribution in [-0.2, 0) is 4.74 Å². The number of imidazole rings is 1. The number of aromatic nitrogens is 2. The fourth-order valence-corrected chi connectivity index (χ4v) is 3.10. The minimum Gasteiger partial charge on any atom is -0.460 e. The second kappa shape index (κ2) is 6.07. The van der Waals surface area contributed by atoms with Crippen molar-refractivity contribution in [3.05, 3.63) is 82.9 Å². The van der Waals surface area contributed by atoms with Crippen LogP contribution in [0.4, 0.5) is 0 Å². The summed E-state index contributed by atoms with van der Waals surface area (Å²) in [7, 11) is 0. The SMILES string of the molecule is CCOC(=O)c1nccn1-c1ccc2c(c1)C(=O)c1ccccc1C2=O. The van der Waals surface area contributed by atoms with Gasteiger partial charge in [0.25, 0.3) is 0 Å². The number of rotatable bonds is 3. The lowest BCUT2D eigenvalue weighted by Crippen LogP contribution is -2.21. The molecule has 128 valence electrons. The Morgan fingerprint density at radius 1 is 1.00 bits per heavy atom. The van der Waals surface area contributed by atoms with Crippen LogP contribution >= 0.6 is 0 Å². The van der Waals surface area contributed by atoms with E-state index in [4.69, 9.17) is 4.74 Å². The molecule has 0 fully saturated rings. The molecule has 2 aromatic carbocycles. The first kappa shape index (κ1) is 16.0. The first-order valence-electron chi connectivity index (χ1n) is 8.15.